The Morgan fingerprint density at radius 1 is 1.35 bits per heavy atom. The quantitative estimate of drug-likeness (QED) is 0.387. The highest BCUT2D eigenvalue weighted by molar-refractivity contribution is 7.99. The Bertz CT molecular complexity index is 441. The number of carbonyl (C=O) groups is 1. The summed E-state index contributed by atoms with van der Waals surface area (Å²) in [5.41, 5.74) is 6.78. The fourth-order valence-electron chi connectivity index (χ4n) is 1.95. The Balaban J connectivity index is 2.75. The second kappa shape index (κ2) is 8.57. The fourth-order valence-corrected chi connectivity index (χ4v) is 4.10. The molecule has 0 radical (unpaired) electrons. The van der Waals surface area contributed by atoms with E-state index in [1.807, 2.05) is 20.1 Å². The molecule has 1 aromatic heterocycles. The number of carbonyl (C=O) groups excluding carboxylic acids is 1. The number of thioether (sulfide) groups is 1. The highest BCUT2D eigenvalue weighted by Crippen LogP contribution is 2.42. The topological polar surface area (TPSA) is 55.1 Å². The van der Waals surface area contributed by atoms with Gasteiger partial charge in [0.25, 0.3) is 0 Å². The molecule has 0 aromatic carbocycles. The van der Waals surface area contributed by atoms with Crippen molar-refractivity contribution in [2.75, 3.05) is 23.9 Å². The van der Waals surface area contributed by atoms with E-state index < -0.39 is 0 Å². The first kappa shape index (κ1) is 17.4. The van der Waals surface area contributed by atoms with Crippen molar-refractivity contribution >= 4 is 39.6 Å². The minimum atomic E-state index is -0.0111. The number of nitrogens with two attached hydrogens (primary N) is 1. The smallest absolute Gasteiger partial charge is 0.177 e. The maximum Gasteiger partial charge on any atom is 0.177 e. The van der Waals surface area contributed by atoms with Gasteiger partial charge in [-0.3, -0.25) is 4.79 Å². The first-order valence-corrected chi connectivity index (χ1v) is 9.31. The van der Waals surface area contributed by atoms with Crippen LogP contribution in [0.3, 0.4) is 0 Å². The molecule has 0 amide bonds. The van der Waals surface area contributed by atoms with Crippen molar-refractivity contribution in [3.63, 3.8) is 0 Å². The van der Waals surface area contributed by atoms with Gasteiger partial charge in [-0.25, -0.2) is 0 Å². The molecule has 20 heavy (non-hydrogen) atoms. The van der Waals surface area contributed by atoms with Crippen LogP contribution in [0.25, 0.3) is 0 Å². The highest BCUT2D eigenvalue weighted by Gasteiger charge is 2.22. The van der Waals surface area contributed by atoms with E-state index in [1.54, 1.807) is 11.8 Å². The van der Waals surface area contributed by atoms with E-state index in [2.05, 4.69) is 12.2 Å². The largest absolute Gasteiger partial charge is 0.396 e. The monoisotopic (exact) mass is 314 g/mol. The molecule has 0 unspecified atom stereocenters. The van der Waals surface area contributed by atoms with E-state index in [4.69, 9.17) is 5.73 Å². The van der Waals surface area contributed by atoms with Crippen LogP contribution in [-0.4, -0.2) is 18.6 Å². The zero-order valence-corrected chi connectivity index (χ0v) is 14.5. The van der Waals surface area contributed by atoms with Crippen LogP contribution in [0.1, 0.15) is 56.1 Å². The highest BCUT2D eigenvalue weighted by atomic mass is 32.2. The van der Waals surface area contributed by atoms with E-state index in [9.17, 15) is 4.79 Å². The lowest BCUT2D eigenvalue weighted by Gasteiger charge is -2.05. The van der Waals surface area contributed by atoms with Crippen LogP contribution < -0.4 is 11.1 Å². The maximum absolute atomic E-state index is 12.2. The number of nitrogen functional groups attached to an aromatic ring is 1. The summed E-state index contributed by atoms with van der Waals surface area (Å²) in [6.07, 6.45) is 6.93. The van der Waals surface area contributed by atoms with Crippen molar-refractivity contribution in [2.24, 2.45) is 5.92 Å². The second-order valence-electron chi connectivity index (χ2n) is 5.21. The van der Waals surface area contributed by atoms with Gasteiger partial charge in [-0.05, 0) is 12.7 Å². The third-order valence-electron chi connectivity index (χ3n) is 3.17. The van der Waals surface area contributed by atoms with E-state index in [0.29, 0.717) is 10.6 Å². The Labute approximate surface area is 130 Å². The molecule has 0 saturated carbocycles. The first-order chi connectivity index (χ1) is 9.52. The van der Waals surface area contributed by atoms with Crippen LogP contribution >= 0.6 is 23.1 Å². The van der Waals surface area contributed by atoms with Crippen molar-refractivity contribution in [3.05, 3.63) is 4.88 Å². The van der Waals surface area contributed by atoms with Gasteiger partial charge in [-0.1, -0.05) is 40.0 Å². The SMILES string of the molecule is CCCCCCNc1sc(C(=O)C(C)C)c(N)c1SC. The molecule has 0 fully saturated rings. The van der Waals surface area contributed by atoms with Crippen LogP contribution in [0.5, 0.6) is 0 Å². The van der Waals surface area contributed by atoms with Crippen molar-refractivity contribution in [3.8, 4) is 0 Å². The Morgan fingerprint density at radius 2 is 2.05 bits per heavy atom. The van der Waals surface area contributed by atoms with Gasteiger partial charge >= 0.3 is 0 Å². The normalized spacial score (nSPS) is 11.1. The van der Waals surface area contributed by atoms with Crippen molar-refractivity contribution < 1.29 is 4.79 Å². The predicted octanol–water partition coefficient (Wildman–Crippen LogP) is 4.88. The molecule has 0 atom stereocenters. The number of nitrogens with one attached hydrogen (secondary N) is 1. The molecule has 0 aliphatic rings. The van der Waals surface area contributed by atoms with Crippen molar-refractivity contribution in [1.29, 1.82) is 0 Å². The molecule has 0 aliphatic carbocycles. The second-order valence-corrected chi connectivity index (χ2v) is 7.05. The average Bonchev–Trinajstić information content (AvgIpc) is 2.73. The van der Waals surface area contributed by atoms with Gasteiger partial charge in [0.1, 0.15) is 5.00 Å². The van der Waals surface area contributed by atoms with Crippen LogP contribution in [-0.2, 0) is 0 Å². The zero-order chi connectivity index (χ0) is 15.1. The number of unbranched alkanes of at least 4 members (excludes halogenated alkanes) is 3. The number of anilines is 2. The summed E-state index contributed by atoms with van der Waals surface area (Å²) < 4.78 is 0. The molecule has 114 valence electrons. The summed E-state index contributed by atoms with van der Waals surface area (Å²) in [5, 5.41) is 4.49. The molecule has 0 saturated heterocycles. The third-order valence-corrected chi connectivity index (χ3v) is 5.31. The Kier molecular flexibility index (Phi) is 7.45. The fraction of sp³-hybridized carbons (Fsp3) is 0.667. The zero-order valence-electron chi connectivity index (χ0n) is 12.9. The number of thiophene rings is 1. The summed E-state index contributed by atoms with van der Waals surface area (Å²) in [6, 6.07) is 0. The lowest BCUT2D eigenvalue weighted by Crippen LogP contribution is -2.07. The van der Waals surface area contributed by atoms with Crippen LogP contribution in [0.4, 0.5) is 10.7 Å². The van der Waals surface area contributed by atoms with E-state index in [-0.39, 0.29) is 11.7 Å². The molecule has 1 aromatic rings. The van der Waals surface area contributed by atoms with Gasteiger partial charge in [0.05, 0.1) is 15.5 Å². The maximum atomic E-state index is 12.2. The molecule has 0 bridgehead atoms. The summed E-state index contributed by atoms with van der Waals surface area (Å²) >= 11 is 3.12. The van der Waals surface area contributed by atoms with Gasteiger partial charge in [-0.2, -0.15) is 0 Å². The van der Waals surface area contributed by atoms with Crippen molar-refractivity contribution in [1.82, 2.24) is 0 Å². The molecular formula is C15H26N2OS2. The van der Waals surface area contributed by atoms with Crippen LogP contribution in [0, 0.1) is 5.92 Å². The minimum Gasteiger partial charge on any atom is -0.396 e. The van der Waals surface area contributed by atoms with Gasteiger partial charge < -0.3 is 11.1 Å². The Hall–Kier alpha value is -0.680. The summed E-state index contributed by atoms with van der Waals surface area (Å²) in [5.74, 6) is 0.130. The third kappa shape index (κ3) is 4.42. The minimum absolute atomic E-state index is 0.0111. The molecule has 5 heteroatoms. The standard InChI is InChI=1S/C15H26N2OS2/c1-5-6-7-8-9-17-15-14(19-4)11(16)13(20-15)12(18)10(2)3/h10,17H,5-9,16H2,1-4H3. The van der Waals surface area contributed by atoms with Gasteiger partial charge in [-0.15, -0.1) is 23.1 Å². The van der Waals surface area contributed by atoms with Gasteiger partial charge in [0.15, 0.2) is 5.78 Å². The number of ketones is 1. The molecule has 3 nitrogen and oxygen atoms in total. The molecular weight excluding hydrogens is 288 g/mol. The van der Waals surface area contributed by atoms with Gasteiger partial charge in [0, 0.05) is 12.5 Å². The number of hydrogen-bond donors (Lipinski definition) is 2. The lowest BCUT2D eigenvalue weighted by atomic mass is 10.1. The number of Topliss-reactive ketones (excluding diaryl/α,β-unsaturated/α-hetero) is 1. The lowest BCUT2D eigenvalue weighted by molar-refractivity contribution is 0.0944. The van der Waals surface area contributed by atoms with E-state index in [1.165, 1.54) is 30.6 Å². The molecule has 0 aliphatic heterocycles. The Morgan fingerprint density at radius 3 is 2.60 bits per heavy atom. The molecule has 3 N–H and O–H groups in total. The summed E-state index contributed by atoms with van der Waals surface area (Å²) in [6.45, 7) is 6.99. The summed E-state index contributed by atoms with van der Waals surface area (Å²) in [7, 11) is 0. The van der Waals surface area contributed by atoms with Crippen LogP contribution in [0.15, 0.2) is 4.90 Å². The van der Waals surface area contributed by atoms with Crippen LogP contribution in [0.2, 0.25) is 0 Å². The molecule has 0 spiro atoms. The molecule has 1 heterocycles. The first-order valence-electron chi connectivity index (χ1n) is 7.27. The molecule has 1 rings (SSSR count). The predicted molar refractivity (Wildman–Crippen MR) is 92.3 cm³/mol. The number of hydrogen-bond acceptors (Lipinski definition) is 5. The average molecular weight is 315 g/mol. The van der Waals surface area contributed by atoms with Crippen molar-refractivity contribution in [2.45, 2.75) is 51.3 Å². The van der Waals surface area contributed by atoms with E-state index in [0.717, 1.165) is 22.9 Å². The summed E-state index contributed by atoms with van der Waals surface area (Å²) in [4.78, 5) is 13.9. The van der Waals surface area contributed by atoms with E-state index >= 15 is 0 Å². The van der Waals surface area contributed by atoms with Gasteiger partial charge in [0.2, 0.25) is 0 Å². The number of rotatable bonds is 9.